The van der Waals surface area contributed by atoms with Crippen LogP contribution in [0.5, 0.6) is 10.9 Å². The molecule has 36 heavy (non-hydrogen) atoms. The van der Waals surface area contributed by atoms with Crippen molar-refractivity contribution in [3.63, 3.8) is 0 Å². The molecular weight excluding hydrogens is 535 g/mol. The van der Waals surface area contributed by atoms with Crippen molar-refractivity contribution >= 4 is 51.7 Å². The van der Waals surface area contributed by atoms with E-state index in [4.69, 9.17) is 37.4 Å². The summed E-state index contributed by atoms with van der Waals surface area (Å²) < 4.78 is 15.7. The number of carbonyl (C=O) groups excluding carboxylic acids is 1. The fourth-order valence-electron chi connectivity index (χ4n) is 3.75. The van der Waals surface area contributed by atoms with Gasteiger partial charge in [0.2, 0.25) is 10.9 Å². The third-order valence-corrected chi connectivity index (χ3v) is 7.49. The van der Waals surface area contributed by atoms with Crippen LogP contribution in [0.3, 0.4) is 0 Å². The summed E-state index contributed by atoms with van der Waals surface area (Å²) >= 11 is 13.3. The summed E-state index contributed by atoms with van der Waals surface area (Å²) in [5, 5.41) is 13.1. The number of halogens is 2. The van der Waals surface area contributed by atoms with E-state index in [1.165, 1.54) is 13.3 Å². The molecule has 0 bridgehead atoms. The molecule has 4 rings (SSSR count). The average molecular weight is 557 g/mol. The van der Waals surface area contributed by atoms with Crippen LogP contribution in [-0.4, -0.2) is 76.6 Å². The monoisotopic (exact) mass is 556 g/mol. The number of anilines is 1. The number of nitrogens with zero attached hydrogens (tertiary/aromatic N) is 4. The number of rotatable bonds is 7. The van der Waals surface area contributed by atoms with Crippen LogP contribution in [0, 0.1) is 6.92 Å². The van der Waals surface area contributed by atoms with Crippen LogP contribution in [0.25, 0.3) is 11.5 Å². The molecule has 1 saturated heterocycles. The Morgan fingerprint density at radius 2 is 2.06 bits per heavy atom. The number of nitrogens with one attached hydrogen (secondary N) is 2. The van der Waals surface area contributed by atoms with Crippen LogP contribution in [-0.2, 0) is 4.74 Å². The Bertz CT molecular complexity index is 1280. The fraction of sp³-hybridized carbons (Fsp3) is 0.381. The number of piperidine rings is 1. The van der Waals surface area contributed by atoms with E-state index in [0.717, 1.165) is 11.3 Å². The lowest BCUT2D eigenvalue weighted by Crippen LogP contribution is -2.55. The molecular formula is C21H22Cl2N6O6S. The van der Waals surface area contributed by atoms with Crippen molar-refractivity contribution in [3.05, 3.63) is 33.7 Å². The van der Waals surface area contributed by atoms with Crippen molar-refractivity contribution in [3.8, 4) is 22.5 Å². The Kier molecular flexibility index (Phi) is 7.83. The first-order valence-electron chi connectivity index (χ1n) is 10.6. The zero-order valence-corrected chi connectivity index (χ0v) is 21.7. The molecule has 1 fully saturated rings. The highest BCUT2D eigenvalue weighted by Gasteiger charge is 2.34. The first kappa shape index (κ1) is 25.9. The number of carbonyl (C=O) groups is 2. The van der Waals surface area contributed by atoms with Gasteiger partial charge in [-0.2, -0.15) is 4.98 Å². The zero-order chi connectivity index (χ0) is 26.0. The smallest absolute Gasteiger partial charge is 0.481 e. The van der Waals surface area contributed by atoms with E-state index in [1.54, 1.807) is 20.1 Å². The second-order valence-corrected chi connectivity index (χ2v) is 9.46. The molecule has 3 aromatic heterocycles. The van der Waals surface area contributed by atoms with Gasteiger partial charge in [0.05, 0.1) is 29.3 Å². The quantitative estimate of drug-likeness (QED) is 0.367. The number of H-pyrrole nitrogens is 1. The van der Waals surface area contributed by atoms with Crippen molar-refractivity contribution in [2.24, 2.45) is 0 Å². The maximum absolute atomic E-state index is 12.8. The summed E-state index contributed by atoms with van der Waals surface area (Å²) in [5.74, 6) is 0.0696. The average Bonchev–Trinajstić information content (AvgIpc) is 3.40. The maximum atomic E-state index is 12.8. The fourth-order valence-corrected chi connectivity index (χ4v) is 5.11. The molecule has 192 valence electrons. The minimum absolute atomic E-state index is 0.0313. The first-order chi connectivity index (χ1) is 17.2. The van der Waals surface area contributed by atoms with Crippen molar-refractivity contribution in [1.82, 2.24) is 25.3 Å². The Hall–Kier alpha value is -3.13. The molecule has 12 nitrogen and oxygen atoms in total. The number of methoxy groups -OCH3 is 2. The van der Waals surface area contributed by atoms with Gasteiger partial charge in [-0.1, -0.05) is 34.5 Å². The maximum Gasteiger partial charge on any atom is 0.512 e. The largest absolute Gasteiger partial charge is 0.512 e. The first-order valence-corrected chi connectivity index (χ1v) is 12.2. The van der Waals surface area contributed by atoms with Gasteiger partial charge in [-0.25, -0.2) is 14.8 Å². The zero-order valence-electron chi connectivity index (χ0n) is 19.4. The standard InChI is InChI=1S/C21H22Cl2N6O6S/c1-9-13(22)14(23)15(25-9)18(30)26-10-5-7-29(8-11(10)33-2)20-28-16(19(36-20)35-21(31)32)17-24-6-4-12(27-17)34-3/h4,6,10-11,25H,5,7-8H2,1-3H3,(H,26,30)(H,31,32)/t10-,11+/m1/s1. The molecule has 3 N–H and O–H groups in total. The number of aromatic nitrogens is 4. The number of carboxylic acid groups (broad SMARTS) is 1. The normalized spacial score (nSPS) is 17.6. The van der Waals surface area contributed by atoms with E-state index in [-0.39, 0.29) is 39.2 Å². The van der Waals surface area contributed by atoms with Gasteiger partial charge in [-0.05, 0) is 13.3 Å². The molecule has 0 aliphatic carbocycles. The lowest BCUT2D eigenvalue weighted by molar-refractivity contribution is 0.0540. The Labute approximate surface area is 219 Å². The Morgan fingerprint density at radius 3 is 2.69 bits per heavy atom. The molecule has 2 atom stereocenters. The molecule has 0 spiro atoms. The van der Waals surface area contributed by atoms with Crippen molar-refractivity contribution in [2.45, 2.75) is 25.5 Å². The molecule has 0 unspecified atom stereocenters. The predicted molar refractivity (Wildman–Crippen MR) is 133 cm³/mol. The minimum atomic E-state index is -1.48. The van der Waals surface area contributed by atoms with Gasteiger partial charge in [0.1, 0.15) is 5.69 Å². The minimum Gasteiger partial charge on any atom is -0.481 e. The summed E-state index contributed by atoms with van der Waals surface area (Å²) in [5.41, 5.74) is 0.966. The van der Waals surface area contributed by atoms with Gasteiger partial charge < -0.3 is 34.5 Å². The SMILES string of the molecule is COc1ccnc(-c2nc(N3CC[C@@H](NC(=O)c4[nH]c(C)c(Cl)c4Cl)[C@@H](OC)C3)sc2OC(=O)O)n1. The topological polar surface area (TPSA) is 152 Å². The Morgan fingerprint density at radius 1 is 1.28 bits per heavy atom. The van der Waals surface area contributed by atoms with Crippen LogP contribution < -0.4 is 19.7 Å². The molecule has 0 aromatic carbocycles. The van der Waals surface area contributed by atoms with Crippen LogP contribution >= 0.6 is 34.5 Å². The summed E-state index contributed by atoms with van der Waals surface area (Å²) in [6.07, 6.45) is 0.126. The highest BCUT2D eigenvalue weighted by atomic mass is 35.5. The van der Waals surface area contributed by atoms with Gasteiger partial charge >= 0.3 is 6.16 Å². The van der Waals surface area contributed by atoms with Gasteiger partial charge in [0, 0.05) is 38.2 Å². The number of hydrogen-bond acceptors (Lipinski definition) is 10. The summed E-state index contributed by atoms with van der Waals surface area (Å²) in [6.45, 7) is 2.60. The van der Waals surface area contributed by atoms with Crippen molar-refractivity contribution in [2.75, 3.05) is 32.2 Å². The molecule has 0 radical (unpaired) electrons. The second kappa shape index (κ2) is 10.9. The number of aryl methyl sites for hydroxylation is 1. The molecule has 4 heterocycles. The van der Waals surface area contributed by atoms with Gasteiger partial charge in [-0.15, -0.1) is 0 Å². The second-order valence-electron chi connectivity index (χ2n) is 7.76. The van der Waals surface area contributed by atoms with Crippen molar-refractivity contribution < 1.29 is 28.9 Å². The van der Waals surface area contributed by atoms with E-state index < -0.39 is 12.3 Å². The summed E-state index contributed by atoms with van der Waals surface area (Å²) in [7, 11) is 3.01. The number of ether oxygens (including phenoxy) is 3. The third kappa shape index (κ3) is 5.33. The van der Waals surface area contributed by atoms with E-state index in [2.05, 4.69) is 25.3 Å². The van der Waals surface area contributed by atoms with Crippen LogP contribution in [0.15, 0.2) is 12.3 Å². The van der Waals surface area contributed by atoms with Crippen LogP contribution in [0.4, 0.5) is 9.93 Å². The number of hydrogen-bond donors (Lipinski definition) is 3. The lowest BCUT2D eigenvalue weighted by atomic mass is 10.0. The molecule has 1 amide bonds. The predicted octanol–water partition coefficient (Wildman–Crippen LogP) is 3.63. The number of amides is 1. The summed E-state index contributed by atoms with van der Waals surface area (Å²) in [6, 6.07) is 1.25. The van der Waals surface area contributed by atoms with E-state index in [0.29, 0.717) is 41.2 Å². The molecule has 1 aliphatic rings. The van der Waals surface area contributed by atoms with Gasteiger partial charge in [0.15, 0.2) is 16.6 Å². The van der Waals surface area contributed by atoms with E-state index in [1.807, 2.05) is 4.90 Å². The van der Waals surface area contributed by atoms with Crippen LogP contribution in [0.2, 0.25) is 10.0 Å². The van der Waals surface area contributed by atoms with Crippen molar-refractivity contribution in [1.29, 1.82) is 0 Å². The molecule has 0 saturated carbocycles. The number of aromatic amines is 1. The lowest BCUT2D eigenvalue weighted by Gasteiger charge is -2.37. The van der Waals surface area contributed by atoms with Gasteiger partial charge in [-0.3, -0.25) is 4.79 Å². The number of thiazole rings is 1. The third-order valence-electron chi connectivity index (χ3n) is 5.55. The highest BCUT2D eigenvalue weighted by Crippen LogP contribution is 2.39. The van der Waals surface area contributed by atoms with E-state index >= 15 is 0 Å². The highest BCUT2D eigenvalue weighted by molar-refractivity contribution is 7.18. The Balaban J connectivity index is 1.53. The van der Waals surface area contributed by atoms with Gasteiger partial charge in [0.25, 0.3) is 5.91 Å². The van der Waals surface area contributed by atoms with Crippen LogP contribution in [0.1, 0.15) is 22.6 Å². The molecule has 1 aliphatic heterocycles. The molecule has 15 heteroatoms. The molecule has 3 aromatic rings. The van der Waals surface area contributed by atoms with E-state index in [9.17, 15) is 14.7 Å². The summed E-state index contributed by atoms with van der Waals surface area (Å²) in [4.78, 5) is 41.9.